The summed E-state index contributed by atoms with van der Waals surface area (Å²) in [5, 5.41) is 21.5. The van der Waals surface area contributed by atoms with E-state index in [1.54, 1.807) is 175 Å². The molecule has 0 spiro atoms. The van der Waals surface area contributed by atoms with Crippen molar-refractivity contribution in [1.29, 1.82) is 0 Å². The van der Waals surface area contributed by atoms with Crippen LogP contribution in [-0.4, -0.2) is 215 Å². The highest BCUT2D eigenvalue weighted by atomic mass is 32.2. The molecule has 1 saturated carbocycles. The van der Waals surface area contributed by atoms with Gasteiger partial charge in [0.2, 0.25) is 57.8 Å². The van der Waals surface area contributed by atoms with Crippen molar-refractivity contribution in [2.24, 2.45) is 7.05 Å². The summed E-state index contributed by atoms with van der Waals surface area (Å²) in [4.78, 5) is 55.0. The highest BCUT2D eigenvalue weighted by Crippen LogP contribution is 2.34. The fourth-order valence-corrected chi connectivity index (χ4v) is 13.2. The van der Waals surface area contributed by atoms with Crippen molar-refractivity contribution in [2.45, 2.75) is 43.8 Å². The van der Waals surface area contributed by atoms with Gasteiger partial charge in [-0.1, -0.05) is 55.5 Å². The second kappa shape index (κ2) is 39.8. The largest absolute Gasteiger partial charge is 0.388 e. The fourth-order valence-electron chi connectivity index (χ4n) is 8.38. The topological polar surface area (TPSA) is 339 Å². The number of nitrogens with one attached hydrogen (secondary N) is 7. The van der Waals surface area contributed by atoms with E-state index in [-0.39, 0.29) is 59.0 Å². The summed E-state index contributed by atoms with van der Waals surface area (Å²) < 4.78 is 104. The van der Waals surface area contributed by atoms with E-state index < -0.39 is 40.1 Å². The minimum atomic E-state index is -3.51. The van der Waals surface area contributed by atoms with Crippen molar-refractivity contribution < 1.29 is 52.8 Å². The Morgan fingerprint density at radius 3 is 1.25 bits per heavy atom. The first-order valence-electron chi connectivity index (χ1n) is 31.2. The van der Waals surface area contributed by atoms with Gasteiger partial charge in [-0.25, -0.2) is 48.1 Å². The van der Waals surface area contributed by atoms with E-state index in [1.165, 1.54) is 19.0 Å². The van der Waals surface area contributed by atoms with Gasteiger partial charge >= 0.3 is 0 Å². The lowest BCUT2D eigenvalue weighted by Crippen LogP contribution is -2.41. The Kier molecular flexibility index (Phi) is 33.6. The predicted octanol–water partition coefficient (Wildman–Crippen LogP) is 7.15. The molecule has 7 aromatic rings. The Balaban J connectivity index is 0.000000313. The maximum Gasteiger partial charge on any atom is 0.242 e. The predicted molar refractivity (Wildman–Crippen MR) is 401 cm³/mol. The molecule has 3 amide bonds. The Bertz CT molecular complexity index is 4230. The second-order valence-corrected chi connectivity index (χ2v) is 30.4. The molecule has 0 radical (unpaired) electrons. The van der Waals surface area contributed by atoms with E-state index in [9.17, 15) is 52.8 Å². The average molecular weight is 1450 g/mol. The molecular weight excluding hydrogens is 1350 g/mol. The van der Waals surface area contributed by atoms with Crippen LogP contribution in [0.2, 0.25) is 0 Å². The molecule has 1 aromatic heterocycles. The minimum Gasteiger partial charge on any atom is -0.388 e. The van der Waals surface area contributed by atoms with Crippen molar-refractivity contribution in [3.05, 3.63) is 157 Å². The van der Waals surface area contributed by atoms with Crippen LogP contribution in [0.1, 0.15) is 44.0 Å². The van der Waals surface area contributed by atoms with E-state index in [0.29, 0.717) is 36.4 Å². The first kappa shape index (κ1) is 83.7. The van der Waals surface area contributed by atoms with Crippen molar-refractivity contribution >= 4 is 115 Å². The van der Waals surface area contributed by atoms with Crippen LogP contribution in [0.3, 0.4) is 0 Å². The SMILES string of the molecule is CCNS(=O)(=O)c1cccc(NC)c1.CCS(=O)(=O)N(CC(=O)N(C)C)c1cccc(NC)c1.CNc1cccc(-c2ncnn2C)c1.CNc1cccc(C(C)=O)c1.CNc1cccc(N(CC(=O)N(C)C)S(=O)(=O)C2CC2)c1.CNc1cccc(N(CC(=O)N(C)C)S(C)(=O)=O)c1. The zero-order chi connectivity index (χ0) is 74.4. The molecular formula is C67H98N16O12S4. The summed E-state index contributed by atoms with van der Waals surface area (Å²) in [5.41, 5.74) is 8.48. The number of sulfonamides is 4. The third kappa shape index (κ3) is 27.0. The average Bonchev–Trinajstić information content (AvgIpc) is 1.67. The zero-order valence-corrected chi connectivity index (χ0v) is 62.8. The number of aryl methyl sites for hydroxylation is 1. The number of rotatable bonds is 25. The van der Waals surface area contributed by atoms with Crippen molar-refractivity contribution in [3.8, 4) is 11.4 Å². The number of nitrogens with zero attached hydrogens (tertiary/aromatic N) is 9. The number of carbonyl (C=O) groups excluding carboxylic acids is 4. The Labute approximate surface area is 585 Å². The van der Waals surface area contributed by atoms with Gasteiger partial charge in [-0.3, -0.25) is 32.1 Å². The number of Topliss-reactive ketones (excluding diaryl/α,β-unsaturated/α-hetero) is 1. The monoisotopic (exact) mass is 1450 g/mol. The number of hydrogen-bond acceptors (Lipinski definition) is 20. The third-order valence-corrected chi connectivity index (χ3v) is 21.1. The second-order valence-electron chi connectivity index (χ2n) is 22.4. The van der Waals surface area contributed by atoms with Crippen molar-refractivity contribution in [1.82, 2.24) is 34.2 Å². The van der Waals surface area contributed by atoms with Crippen LogP contribution >= 0.6 is 0 Å². The van der Waals surface area contributed by atoms with Crippen LogP contribution in [0.4, 0.5) is 51.2 Å². The van der Waals surface area contributed by atoms with E-state index in [0.717, 1.165) is 65.9 Å². The van der Waals surface area contributed by atoms with E-state index in [1.807, 2.05) is 93.9 Å². The van der Waals surface area contributed by atoms with Crippen LogP contribution in [-0.2, 0) is 61.5 Å². The maximum atomic E-state index is 12.6. The molecule has 99 heavy (non-hydrogen) atoms. The lowest BCUT2D eigenvalue weighted by molar-refractivity contribution is -0.127. The Morgan fingerprint density at radius 2 is 0.869 bits per heavy atom. The number of likely N-dealkylation sites (N-methyl/N-ethyl adjacent to an activating group) is 3. The first-order chi connectivity index (χ1) is 46.6. The van der Waals surface area contributed by atoms with Gasteiger partial charge < -0.3 is 46.6 Å². The fraction of sp³-hybridized carbons (Fsp3) is 0.373. The Hall–Kier alpha value is -9.50. The summed E-state index contributed by atoms with van der Waals surface area (Å²) >= 11 is 0. The van der Waals surface area contributed by atoms with E-state index in [4.69, 9.17) is 0 Å². The molecule has 32 heteroatoms. The van der Waals surface area contributed by atoms with Crippen molar-refractivity contribution in [3.63, 3.8) is 0 Å². The number of hydrogen-bond donors (Lipinski definition) is 7. The molecule has 1 aliphatic rings. The van der Waals surface area contributed by atoms with Crippen LogP contribution in [0.15, 0.2) is 157 Å². The summed E-state index contributed by atoms with van der Waals surface area (Å²) in [6, 6.07) is 43.1. The summed E-state index contributed by atoms with van der Waals surface area (Å²) in [6.07, 6.45) is 3.98. The molecule has 542 valence electrons. The number of carbonyl (C=O) groups is 4. The third-order valence-electron chi connectivity index (χ3n) is 14.4. The van der Waals surface area contributed by atoms with Gasteiger partial charge in [0.05, 0.1) is 39.2 Å². The number of ketones is 1. The first-order valence-corrected chi connectivity index (χ1v) is 37.6. The molecule has 0 aliphatic heterocycles. The van der Waals surface area contributed by atoms with Crippen LogP contribution in [0.5, 0.6) is 0 Å². The van der Waals surface area contributed by atoms with Gasteiger partial charge in [-0.15, -0.1) is 0 Å². The molecule has 0 saturated heterocycles. The molecule has 0 bridgehead atoms. The van der Waals surface area contributed by atoms with Crippen molar-refractivity contribution in [2.75, 3.05) is 168 Å². The normalized spacial score (nSPS) is 11.5. The van der Waals surface area contributed by atoms with Gasteiger partial charge in [0.1, 0.15) is 26.0 Å². The van der Waals surface area contributed by atoms with E-state index >= 15 is 0 Å². The molecule has 1 fully saturated rings. The van der Waals surface area contributed by atoms with Gasteiger partial charge in [-0.05, 0) is 124 Å². The number of anilines is 9. The number of amides is 3. The number of benzene rings is 6. The molecule has 8 rings (SSSR count). The molecule has 6 aromatic carbocycles. The molecule has 1 heterocycles. The summed E-state index contributed by atoms with van der Waals surface area (Å²) in [7, 11) is 8.42. The van der Waals surface area contributed by atoms with Crippen LogP contribution in [0, 0.1) is 0 Å². The quantitative estimate of drug-likeness (QED) is 0.0279. The summed E-state index contributed by atoms with van der Waals surface area (Å²) in [6.45, 7) is 4.69. The molecule has 0 unspecified atom stereocenters. The highest BCUT2D eigenvalue weighted by Gasteiger charge is 2.41. The highest BCUT2D eigenvalue weighted by molar-refractivity contribution is 7.93. The van der Waals surface area contributed by atoms with Gasteiger partial charge in [0.15, 0.2) is 11.6 Å². The van der Waals surface area contributed by atoms with E-state index in [2.05, 4.69) is 46.7 Å². The van der Waals surface area contributed by atoms with Gasteiger partial charge in [-0.2, -0.15) is 5.10 Å². The lowest BCUT2D eigenvalue weighted by Gasteiger charge is -2.25. The number of aromatic nitrogens is 3. The molecule has 1 aliphatic carbocycles. The molecule has 7 N–H and O–H groups in total. The summed E-state index contributed by atoms with van der Waals surface area (Å²) in [5.74, 6) is 0.132. The lowest BCUT2D eigenvalue weighted by atomic mass is 10.1. The minimum absolute atomic E-state index is 0.0580. The standard InChI is InChI=1S/C14H21N3O3S.C13H21N3O3S.C12H19N3O3S.C10H12N4.C9H14N2O2S.C9H11NO/c1-15-11-5-4-6-12(9-11)17(10-14(18)16(2)3)21(19,20)13-7-8-13;1-5-20(18,19)16(10-13(17)15(3)4)12-8-6-7-11(9-12)14-2;1-13-10-6-5-7-11(8-10)15(19(4,17)18)9-12(16)14(2)3;1-11-9-5-3-4-8(6-9)10-12-7-13-14(10)2;1-3-11-14(12,13)9-6-4-5-8(7-9)10-2;1-7(11)8-4-3-5-9(6-8)10-2/h4-6,9,13,15H,7-8,10H2,1-3H3;6-9,14H,5,10H2,1-4H3;5-8,13H,9H2,1-4H3;3-7,11H,1-2H3;4-7,10-11H,3H2,1-2H3;3-6,10H,1-2H3. The van der Waals surface area contributed by atoms with Crippen LogP contribution < -0.4 is 49.5 Å². The zero-order valence-electron chi connectivity index (χ0n) is 59.5. The van der Waals surface area contributed by atoms with Gasteiger partial charge in [0, 0.05) is 143 Å². The molecule has 28 nitrogen and oxygen atoms in total. The molecule has 0 atom stereocenters. The van der Waals surface area contributed by atoms with Gasteiger partial charge in [0.25, 0.3) is 0 Å². The Morgan fingerprint density at radius 1 is 0.495 bits per heavy atom. The maximum absolute atomic E-state index is 12.6. The smallest absolute Gasteiger partial charge is 0.242 e. The van der Waals surface area contributed by atoms with Crippen LogP contribution in [0.25, 0.3) is 11.4 Å².